The second kappa shape index (κ2) is 49.9. The normalized spacial score (nSPS) is 13.1. The number of carbonyl (C=O) groups is 2. The first-order valence-electron chi connectivity index (χ1n) is 27.8. The average Bonchev–Trinajstić information content (AvgIpc) is 3.25. The molecule has 0 aromatic rings. The average molecular weight is 864 g/mol. The van der Waals surface area contributed by atoms with E-state index in [1.54, 1.807) is 0 Å². The molecule has 61 heavy (non-hydrogen) atoms. The molecule has 0 saturated heterocycles. The number of nitrogens with one attached hydrogen (secondary N) is 1. The first kappa shape index (κ1) is 59.9. The molecule has 3 N–H and O–H groups in total. The fourth-order valence-electron chi connectivity index (χ4n) is 8.96. The zero-order chi connectivity index (χ0) is 44.5. The van der Waals surface area contributed by atoms with Gasteiger partial charge in [0, 0.05) is 6.42 Å². The maximum atomic E-state index is 13.2. The summed E-state index contributed by atoms with van der Waals surface area (Å²) >= 11 is 0. The summed E-state index contributed by atoms with van der Waals surface area (Å²) in [4.78, 5) is 26.2. The summed E-state index contributed by atoms with van der Waals surface area (Å²) in [6.45, 7) is 6.52. The van der Waals surface area contributed by atoms with Crippen molar-refractivity contribution in [3.63, 3.8) is 0 Å². The molecule has 0 heterocycles. The number of aliphatic hydroxyl groups is 2. The van der Waals surface area contributed by atoms with Crippen molar-refractivity contribution in [2.45, 2.75) is 334 Å². The van der Waals surface area contributed by atoms with E-state index >= 15 is 0 Å². The summed E-state index contributed by atoms with van der Waals surface area (Å²) < 4.78 is 5.94. The fraction of sp³-hybridized carbons (Fsp3) is 0.964. The molecule has 0 saturated carbocycles. The van der Waals surface area contributed by atoms with E-state index in [-0.39, 0.29) is 24.9 Å². The highest BCUT2D eigenvalue weighted by atomic mass is 16.5. The molecule has 0 rings (SSSR count). The monoisotopic (exact) mass is 864 g/mol. The summed E-state index contributed by atoms with van der Waals surface area (Å²) in [5.41, 5.74) is 0. The predicted molar refractivity (Wildman–Crippen MR) is 264 cm³/mol. The van der Waals surface area contributed by atoms with Crippen LogP contribution in [0.3, 0.4) is 0 Å². The number of rotatable bonds is 51. The minimum absolute atomic E-state index is 0.0881. The topological polar surface area (TPSA) is 95.9 Å². The van der Waals surface area contributed by atoms with Crippen LogP contribution < -0.4 is 5.32 Å². The van der Waals surface area contributed by atoms with Crippen LogP contribution in [0, 0.1) is 0 Å². The van der Waals surface area contributed by atoms with Gasteiger partial charge in [-0.15, -0.1) is 0 Å². The predicted octanol–water partition coefficient (Wildman–Crippen LogP) is 16.7. The molecule has 0 aliphatic carbocycles. The van der Waals surface area contributed by atoms with Crippen molar-refractivity contribution in [2.24, 2.45) is 0 Å². The molecule has 0 aliphatic rings. The van der Waals surface area contributed by atoms with E-state index in [2.05, 4.69) is 26.1 Å². The maximum absolute atomic E-state index is 13.2. The van der Waals surface area contributed by atoms with Crippen molar-refractivity contribution in [3.8, 4) is 0 Å². The molecule has 0 bridgehead atoms. The van der Waals surface area contributed by atoms with Crippen LogP contribution in [-0.2, 0) is 14.3 Å². The molecular formula is C55H109NO5. The molecule has 0 fully saturated rings. The highest BCUT2D eigenvalue weighted by molar-refractivity contribution is 5.77. The van der Waals surface area contributed by atoms with Gasteiger partial charge < -0.3 is 20.3 Å². The Labute approximate surface area is 381 Å². The maximum Gasteiger partial charge on any atom is 0.306 e. The van der Waals surface area contributed by atoms with Gasteiger partial charge in [-0.3, -0.25) is 9.59 Å². The van der Waals surface area contributed by atoms with Gasteiger partial charge in [-0.2, -0.15) is 0 Å². The molecule has 0 spiro atoms. The van der Waals surface area contributed by atoms with E-state index in [1.807, 2.05) is 0 Å². The Bertz CT molecular complexity index is 882. The molecule has 3 atom stereocenters. The molecule has 3 unspecified atom stereocenters. The van der Waals surface area contributed by atoms with Gasteiger partial charge in [0.1, 0.15) is 6.10 Å². The van der Waals surface area contributed by atoms with Gasteiger partial charge in [0.15, 0.2) is 0 Å². The largest absolute Gasteiger partial charge is 0.462 e. The molecule has 6 heteroatoms. The van der Waals surface area contributed by atoms with E-state index in [0.29, 0.717) is 19.3 Å². The summed E-state index contributed by atoms with van der Waals surface area (Å²) in [7, 11) is 0. The quantitative estimate of drug-likeness (QED) is 0.0418. The lowest BCUT2D eigenvalue weighted by atomic mass is 10.0. The van der Waals surface area contributed by atoms with E-state index in [4.69, 9.17) is 4.74 Å². The molecule has 364 valence electrons. The van der Waals surface area contributed by atoms with Crippen LogP contribution >= 0.6 is 0 Å². The Morgan fingerprint density at radius 3 is 1.00 bits per heavy atom. The first-order valence-corrected chi connectivity index (χ1v) is 27.8. The highest BCUT2D eigenvalue weighted by Gasteiger charge is 2.24. The molecular weight excluding hydrogens is 755 g/mol. The van der Waals surface area contributed by atoms with Gasteiger partial charge in [-0.1, -0.05) is 278 Å². The third-order valence-electron chi connectivity index (χ3n) is 13.2. The summed E-state index contributed by atoms with van der Waals surface area (Å²) in [5, 5.41) is 23.9. The fourth-order valence-corrected chi connectivity index (χ4v) is 8.96. The van der Waals surface area contributed by atoms with E-state index < -0.39 is 18.2 Å². The molecule has 0 aromatic carbocycles. The van der Waals surface area contributed by atoms with Crippen molar-refractivity contribution < 1.29 is 24.5 Å². The number of hydrogen-bond acceptors (Lipinski definition) is 5. The Kier molecular flexibility index (Phi) is 48.9. The van der Waals surface area contributed by atoms with Crippen LogP contribution in [0.15, 0.2) is 0 Å². The van der Waals surface area contributed by atoms with Gasteiger partial charge in [0.2, 0.25) is 5.91 Å². The minimum Gasteiger partial charge on any atom is -0.462 e. The molecule has 0 aromatic heterocycles. The Morgan fingerprint density at radius 2 is 0.689 bits per heavy atom. The number of aliphatic hydroxyl groups excluding tert-OH is 2. The zero-order valence-corrected chi connectivity index (χ0v) is 41.6. The SMILES string of the molecule is CCCCCCCCCCCCCCCCCCCC(O)C(CO)NC(=O)CC(CCCCCCCCCCCCCCCC)OC(=O)CCCCCCCCCCCCC. The van der Waals surface area contributed by atoms with Crippen LogP contribution in [0.25, 0.3) is 0 Å². The lowest BCUT2D eigenvalue weighted by molar-refractivity contribution is -0.151. The Morgan fingerprint density at radius 1 is 0.410 bits per heavy atom. The number of ether oxygens (including phenoxy) is 1. The van der Waals surface area contributed by atoms with Crippen LogP contribution in [-0.4, -0.2) is 46.9 Å². The van der Waals surface area contributed by atoms with Crippen LogP contribution in [0.5, 0.6) is 0 Å². The van der Waals surface area contributed by atoms with Gasteiger partial charge in [-0.25, -0.2) is 0 Å². The van der Waals surface area contributed by atoms with Gasteiger partial charge in [-0.05, 0) is 25.7 Å². The van der Waals surface area contributed by atoms with Gasteiger partial charge >= 0.3 is 5.97 Å². The molecule has 0 aliphatic heterocycles. The minimum atomic E-state index is -0.779. The molecule has 0 radical (unpaired) electrons. The van der Waals surface area contributed by atoms with Crippen molar-refractivity contribution in [2.75, 3.05) is 6.61 Å². The lowest BCUT2D eigenvalue weighted by Crippen LogP contribution is -2.46. The second-order valence-electron chi connectivity index (χ2n) is 19.4. The van der Waals surface area contributed by atoms with Crippen LogP contribution in [0.1, 0.15) is 316 Å². The third kappa shape index (κ3) is 45.2. The summed E-state index contributed by atoms with van der Waals surface area (Å²) in [5.74, 6) is -0.449. The second-order valence-corrected chi connectivity index (χ2v) is 19.4. The Hall–Kier alpha value is -1.14. The molecule has 6 nitrogen and oxygen atoms in total. The Balaban J connectivity index is 4.44. The third-order valence-corrected chi connectivity index (χ3v) is 13.2. The van der Waals surface area contributed by atoms with Crippen molar-refractivity contribution in [1.29, 1.82) is 0 Å². The number of amides is 1. The lowest BCUT2D eigenvalue weighted by Gasteiger charge is -2.24. The number of carbonyl (C=O) groups excluding carboxylic acids is 2. The van der Waals surface area contributed by atoms with E-state index in [0.717, 1.165) is 44.9 Å². The highest BCUT2D eigenvalue weighted by Crippen LogP contribution is 2.19. The van der Waals surface area contributed by atoms with Gasteiger partial charge in [0.25, 0.3) is 0 Å². The zero-order valence-electron chi connectivity index (χ0n) is 41.6. The first-order chi connectivity index (χ1) is 30.0. The number of hydrogen-bond donors (Lipinski definition) is 3. The van der Waals surface area contributed by atoms with Crippen molar-refractivity contribution in [1.82, 2.24) is 5.32 Å². The van der Waals surface area contributed by atoms with E-state index in [9.17, 15) is 19.8 Å². The van der Waals surface area contributed by atoms with Gasteiger partial charge in [0.05, 0.1) is 25.2 Å². The number of unbranched alkanes of at least 4 members (excludes halogenated alkanes) is 39. The summed E-state index contributed by atoms with van der Waals surface area (Å²) in [6, 6.07) is -0.692. The standard InChI is InChI=1S/C55H109NO5/c1-4-7-10-13-16-19-22-24-26-27-28-30-33-35-38-41-44-47-53(58)52(50-57)56-54(59)49-51(46-43-40-37-34-32-29-25-23-20-17-14-11-8-5-2)61-55(60)48-45-42-39-36-31-21-18-15-12-9-6-3/h51-53,57-58H,4-50H2,1-3H3,(H,56,59). The van der Waals surface area contributed by atoms with E-state index in [1.165, 1.54) is 225 Å². The van der Waals surface area contributed by atoms with Crippen molar-refractivity contribution >= 4 is 11.9 Å². The van der Waals surface area contributed by atoms with Crippen LogP contribution in [0.2, 0.25) is 0 Å². The smallest absolute Gasteiger partial charge is 0.306 e. The number of esters is 1. The van der Waals surface area contributed by atoms with Crippen molar-refractivity contribution in [3.05, 3.63) is 0 Å². The summed E-state index contributed by atoms with van der Waals surface area (Å²) in [6.07, 6.45) is 54.5. The van der Waals surface area contributed by atoms with Crippen LogP contribution in [0.4, 0.5) is 0 Å². The molecule has 1 amide bonds.